The fraction of sp³-hybridized carbons (Fsp3) is 0.500. The lowest BCUT2D eigenvalue weighted by molar-refractivity contribution is -0.187. The smallest absolute Gasteiger partial charge is 0.471 e. The van der Waals surface area contributed by atoms with Gasteiger partial charge in [-0.1, -0.05) is 0 Å². The highest BCUT2D eigenvalue weighted by molar-refractivity contribution is 5.93. The van der Waals surface area contributed by atoms with Gasteiger partial charge >= 0.3 is 12.1 Å². The summed E-state index contributed by atoms with van der Waals surface area (Å²) >= 11 is 0. The third-order valence-electron chi connectivity index (χ3n) is 3.97. The summed E-state index contributed by atoms with van der Waals surface area (Å²) in [6.07, 6.45) is -4.17. The van der Waals surface area contributed by atoms with E-state index >= 15 is 0 Å². The number of nitrogens with zero attached hydrogens (tertiary/aromatic N) is 1. The van der Waals surface area contributed by atoms with Crippen molar-refractivity contribution in [1.82, 2.24) is 4.90 Å². The Labute approximate surface area is 142 Å². The van der Waals surface area contributed by atoms with Crippen LogP contribution in [0.15, 0.2) is 18.2 Å². The molecule has 1 heterocycles. The zero-order chi connectivity index (χ0) is 18.6. The Morgan fingerprint density at radius 2 is 1.88 bits per heavy atom. The number of carbonyl (C=O) groups excluding carboxylic acids is 2. The summed E-state index contributed by atoms with van der Waals surface area (Å²) in [5.74, 6) is -2.14. The lowest BCUT2D eigenvalue weighted by atomic mass is 9.97. The van der Waals surface area contributed by atoms with Gasteiger partial charge in [-0.2, -0.15) is 13.2 Å². The molecule has 2 rings (SSSR count). The van der Waals surface area contributed by atoms with Crippen LogP contribution in [0, 0.1) is 5.92 Å². The van der Waals surface area contributed by atoms with Gasteiger partial charge in [0.05, 0.1) is 20.1 Å². The monoisotopic (exact) mass is 360 g/mol. The zero-order valence-corrected chi connectivity index (χ0v) is 13.9. The highest BCUT2D eigenvalue weighted by atomic mass is 19.4. The molecule has 25 heavy (non-hydrogen) atoms. The molecule has 2 amide bonds. The van der Waals surface area contributed by atoms with Crippen molar-refractivity contribution in [1.29, 1.82) is 0 Å². The summed E-state index contributed by atoms with van der Waals surface area (Å²) in [5, 5.41) is 2.64. The minimum absolute atomic E-state index is 0.00151. The maximum absolute atomic E-state index is 12.5. The Balaban J connectivity index is 2.04. The predicted molar refractivity (Wildman–Crippen MR) is 83.5 cm³/mol. The Kier molecular flexibility index (Phi) is 5.76. The van der Waals surface area contributed by atoms with Crippen LogP contribution in [-0.2, 0) is 9.59 Å². The number of piperidine rings is 1. The Morgan fingerprint density at radius 1 is 1.20 bits per heavy atom. The van der Waals surface area contributed by atoms with E-state index in [9.17, 15) is 22.8 Å². The number of benzene rings is 1. The van der Waals surface area contributed by atoms with Crippen LogP contribution >= 0.6 is 0 Å². The van der Waals surface area contributed by atoms with E-state index in [4.69, 9.17) is 9.47 Å². The summed E-state index contributed by atoms with van der Waals surface area (Å²) in [6, 6.07) is 4.76. The van der Waals surface area contributed by atoms with Crippen LogP contribution in [-0.4, -0.2) is 50.2 Å². The summed E-state index contributed by atoms with van der Waals surface area (Å²) in [4.78, 5) is 24.4. The molecule has 1 aromatic carbocycles. The molecule has 0 aromatic heterocycles. The first-order chi connectivity index (χ1) is 11.8. The third-order valence-corrected chi connectivity index (χ3v) is 3.97. The second-order valence-electron chi connectivity index (χ2n) is 5.65. The van der Waals surface area contributed by atoms with E-state index < -0.39 is 23.9 Å². The van der Waals surface area contributed by atoms with Gasteiger partial charge in [-0.25, -0.2) is 0 Å². The van der Waals surface area contributed by atoms with Crippen molar-refractivity contribution >= 4 is 17.5 Å². The lowest BCUT2D eigenvalue weighted by Gasteiger charge is -2.32. The fourth-order valence-electron chi connectivity index (χ4n) is 2.71. The molecule has 9 heteroatoms. The van der Waals surface area contributed by atoms with Gasteiger partial charge in [0.15, 0.2) is 11.5 Å². The average molecular weight is 360 g/mol. The number of rotatable bonds is 4. The van der Waals surface area contributed by atoms with E-state index in [1.807, 2.05) is 0 Å². The number of carbonyl (C=O) groups is 2. The maximum Gasteiger partial charge on any atom is 0.471 e. The van der Waals surface area contributed by atoms with E-state index in [0.717, 1.165) is 0 Å². The van der Waals surface area contributed by atoms with E-state index in [-0.39, 0.29) is 13.1 Å². The van der Waals surface area contributed by atoms with Gasteiger partial charge in [0, 0.05) is 24.8 Å². The number of hydrogen-bond donors (Lipinski definition) is 1. The van der Waals surface area contributed by atoms with Crippen molar-refractivity contribution < 1.29 is 32.2 Å². The molecule has 1 aromatic rings. The molecule has 1 saturated heterocycles. The van der Waals surface area contributed by atoms with Gasteiger partial charge < -0.3 is 19.7 Å². The minimum Gasteiger partial charge on any atom is -0.493 e. The maximum atomic E-state index is 12.5. The molecule has 1 fully saturated rings. The van der Waals surface area contributed by atoms with Crippen molar-refractivity contribution in [2.24, 2.45) is 5.92 Å². The van der Waals surface area contributed by atoms with Crippen molar-refractivity contribution in [3.05, 3.63) is 18.2 Å². The number of hydrogen-bond acceptors (Lipinski definition) is 4. The molecular formula is C16H19F3N2O4. The van der Waals surface area contributed by atoms with Gasteiger partial charge in [0.1, 0.15) is 0 Å². The highest BCUT2D eigenvalue weighted by Gasteiger charge is 2.44. The molecule has 0 radical (unpaired) electrons. The van der Waals surface area contributed by atoms with Gasteiger partial charge in [0.2, 0.25) is 5.91 Å². The molecule has 1 unspecified atom stereocenters. The van der Waals surface area contributed by atoms with Gasteiger partial charge in [-0.3, -0.25) is 9.59 Å². The van der Waals surface area contributed by atoms with Gasteiger partial charge in [-0.05, 0) is 25.0 Å². The quantitative estimate of drug-likeness (QED) is 0.896. The molecule has 1 aliphatic heterocycles. The van der Waals surface area contributed by atoms with E-state index in [2.05, 4.69) is 5.32 Å². The first kappa shape index (κ1) is 18.9. The average Bonchev–Trinajstić information content (AvgIpc) is 2.60. The van der Waals surface area contributed by atoms with Crippen LogP contribution < -0.4 is 14.8 Å². The largest absolute Gasteiger partial charge is 0.493 e. The number of alkyl halides is 3. The van der Waals surface area contributed by atoms with E-state index in [1.165, 1.54) is 14.2 Å². The molecule has 1 N–H and O–H groups in total. The highest BCUT2D eigenvalue weighted by Crippen LogP contribution is 2.30. The van der Waals surface area contributed by atoms with Crippen LogP contribution in [0.3, 0.4) is 0 Å². The summed E-state index contributed by atoms with van der Waals surface area (Å²) in [7, 11) is 2.93. The molecule has 1 aliphatic rings. The van der Waals surface area contributed by atoms with Gasteiger partial charge in [-0.15, -0.1) is 0 Å². The molecule has 1 atom stereocenters. The Bertz CT molecular complexity index is 649. The number of halogens is 3. The second-order valence-corrected chi connectivity index (χ2v) is 5.65. The number of methoxy groups -OCH3 is 2. The van der Waals surface area contributed by atoms with Gasteiger partial charge in [0.25, 0.3) is 0 Å². The second kappa shape index (κ2) is 7.62. The molecular weight excluding hydrogens is 341 g/mol. The van der Waals surface area contributed by atoms with Crippen molar-refractivity contribution in [3.63, 3.8) is 0 Å². The molecule has 0 saturated carbocycles. The Hall–Kier alpha value is -2.45. The lowest BCUT2D eigenvalue weighted by Crippen LogP contribution is -2.48. The van der Waals surface area contributed by atoms with Crippen molar-refractivity contribution in [3.8, 4) is 11.5 Å². The van der Waals surface area contributed by atoms with Crippen LogP contribution in [0.1, 0.15) is 12.8 Å². The normalized spacial score (nSPS) is 17.8. The number of ether oxygens (including phenoxy) is 2. The zero-order valence-electron chi connectivity index (χ0n) is 13.9. The summed E-state index contributed by atoms with van der Waals surface area (Å²) < 4.78 is 47.9. The molecule has 0 aliphatic carbocycles. The predicted octanol–water partition coefficient (Wildman–Crippen LogP) is 2.44. The summed E-state index contributed by atoms with van der Waals surface area (Å²) in [5.41, 5.74) is 0.432. The first-order valence-electron chi connectivity index (χ1n) is 7.65. The third kappa shape index (κ3) is 4.55. The van der Waals surface area contributed by atoms with E-state index in [1.54, 1.807) is 18.2 Å². The number of anilines is 1. The topological polar surface area (TPSA) is 67.9 Å². The number of nitrogens with one attached hydrogen (secondary N) is 1. The standard InChI is InChI=1S/C16H19F3N2O4/c1-24-12-6-5-11(8-13(12)25-2)20-14(22)10-4-3-7-21(9-10)15(23)16(17,18)19/h5-6,8,10H,3-4,7,9H2,1-2H3,(H,20,22). The molecule has 0 bridgehead atoms. The first-order valence-corrected chi connectivity index (χ1v) is 7.65. The fourth-order valence-corrected chi connectivity index (χ4v) is 2.71. The molecule has 138 valence electrons. The number of likely N-dealkylation sites (tertiary alicyclic amines) is 1. The van der Waals surface area contributed by atoms with Crippen molar-refractivity contribution in [2.75, 3.05) is 32.6 Å². The van der Waals surface area contributed by atoms with Crippen LogP contribution in [0.4, 0.5) is 18.9 Å². The van der Waals surface area contributed by atoms with Crippen LogP contribution in [0.25, 0.3) is 0 Å². The van der Waals surface area contributed by atoms with Crippen LogP contribution in [0.5, 0.6) is 11.5 Å². The summed E-state index contributed by atoms with van der Waals surface area (Å²) in [6.45, 7) is -0.254. The van der Waals surface area contributed by atoms with Crippen molar-refractivity contribution in [2.45, 2.75) is 19.0 Å². The Morgan fingerprint density at radius 3 is 2.48 bits per heavy atom. The SMILES string of the molecule is COc1ccc(NC(=O)C2CCCN(C(=O)C(F)(F)F)C2)cc1OC. The van der Waals surface area contributed by atoms with Crippen LogP contribution in [0.2, 0.25) is 0 Å². The molecule has 6 nitrogen and oxygen atoms in total. The minimum atomic E-state index is -4.93. The number of amides is 2. The molecule has 0 spiro atoms. The van der Waals surface area contributed by atoms with E-state index in [0.29, 0.717) is 34.9 Å².